The fourth-order valence-corrected chi connectivity index (χ4v) is 1.37. The number of nitrogens with two attached hydrogens (primary N) is 2. The molecule has 0 fully saturated rings. The number of hydrogen-bond acceptors (Lipinski definition) is 4. The van der Waals surface area contributed by atoms with Gasteiger partial charge < -0.3 is 21.5 Å². The van der Waals surface area contributed by atoms with Crippen LogP contribution in [-0.2, 0) is 4.74 Å². The van der Waals surface area contributed by atoms with Crippen LogP contribution in [0.1, 0.15) is 16.8 Å². The number of hydrogen-bond donors (Lipinski definition) is 3. The number of amides is 1. The molecule has 5 heteroatoms. The number of ether oxygens (including phenoxy) is 1. The maximum Gasteiger partial charge on any atom is 0.250 e. The molecule has 1 amide bonds. The molecule has 0 heterocycles. The average Bonchev–Trinajstić information content (AvgIpc) is 2.26. The summed E-state index contributed by atoms with van der Waals surface area (Å²) in [6, 6.07) is 5.17. The van der Waals surface area contributed by atoms with Crippen molar-refractivity contribution in [2.24, 2.45) is 5.73 Å². The Morgan fingerprint density at radius 2 is 2.25 bits per heavy atom. The van der Waals surface area contributed by atoms with Crippen LogP contribution in [0.5, 0.6) is 0 Å². The normalized spacial score (nSPS) is 10.1. The third-order valence-electron chi connectivity index (χ3n) is 2.21. The van der Waals surface area contributed by atoms with Crippen molar-refractivity contribution >= 4 is 17.3 Å². The molecule has 0 aliphatic rings. The number of benzene rings is 1. The number of nitrogens with one attached hydrogen (secondary N) is 1. The van der Waals surface area contributed by atoms with Crippen molar-refractivity contribution in [1.29, 1.82) is 0 Å². The smallest absolute Gasteiger partial charge is 0.250 e. The maximum atomic E-state index is 11.0. The second-order valence-electron chi connectivity index (χ2n) is 3.40. The highest BCUT2D eigenvalue weighted by atomic mass is 16.5. The van der Waals surface area contributed by atoms with Crippen molar-refractivity contribution in [2.45, 2.75) is 6.42 Å². The monoisotopic (exact) mass is 223 g/mol. The molecule has 1 aromatic carbocycles. The van der Waals surface area contributed by atoms with Gasteiger partial charge in [0.05, 0.1) is 16.9 Å². The Labute approximate surface area is 94.8 Å². The Morgan fingerprint density at radius 3 is 2.88 bits per heavy atom. The van der Waals surface area contributed by atoms with Gasteiger partial charge in [-0.2, -0.15) is 0 Å². The molecule has 0 radical (unpaired) electrons. The van der Waals surface area contributed by atoms with Crippen LogP contribution in [0.2, 0.25) is 0 Å². The van der Waals surface area contributed by atoms with Gasteiger partial charge in [0.2, 0.25) is 0 Å². The summed E-state index contributed by atoms with van der Waals surface area (Å²) >= 11 is 0. The molecule has 88 valence electrons. The summed E-state index contributed by atoms with van der Waals surface area (Å²) in [7, 11) is 1.65. The molecule has 0 unspecified atom stereocenters. The molecule has 0 spiro atoms. The van der Waals surface area contributed by atoms with Gasteiger partial charge in [-0.1, -0.05) is 6.07 Å². The van der Waals surface area contributed by atoms with E-state index in [1.807, 2.05) is 6.07 Å². The predicted octanol–water partition coefficient (Wildman–Crippen LogP) is 0.816. The third kappa shape index (κ3) is 3.13. The number of rotatable bonds is 6. The SMILES string of the molecule is COCCCNc1cccc(C(N)=O)c1N. The van der Waals surface area contributed by atoms with Gasteiger partial charge in [-0.25, -0.2) is 0 Å². The molecule has 5 N–H and O–H groups in total. The quantitative estimate of drug-likeness (QED) is 0.492. The predicted molar refractivity (Wildman–Crippen MR) is 64.4 cm³/mol. The van der Waals surface area contributed by atoms with Gasteiger partial charge in [0.15, 0.2) is 0 Å². The Balaban J connectivity index is 2.66. The molecule has 0 aliphatic heterocycles. The number of para-hydroxylation sites is 1. The first-order valence-corrected chi connectivity index (χ1v) is 5.08. The highest BCUT2D eigenvalue weighted by Crippen LogP contribution is 2.22. The molecule has 16 heavy (non-hydrogen) atoms. The summed E-state index contributed by atoms with van der Waals surface area (Å²) in [5.74, 6) is -0.516. The number of anilines is 2. The number of carbonyl (C=O) groups excluding carboxylic acids is 1. The van der Waals surface area contributed by atoms with Crippen LogP contribution in [0.4, 0.5) is 11.4 Å². The van der Waals surface area contributed by atoms with Crippen LogP contribution >= 0.6 is 0 Å². The Hall–Kier alpha value is -1.75. The van der Waals surface area contributed by atoms with Gasteiger partial charge in [-0.3, -0.25) is 4.79 Å². The number of carbonyl (C=O) groups is 1. The molecule has 0 atom stereocenters. The zero-order valence-corrected chi connectivity index (χ0v) is 9.32. The topological polar surface area (TPSA) is 90.4 Å². The zero-order valence-electron chi connectivity index (χ0n) is 9.32. The largest absolute Gasteiger partial charge is 0.396 e. The van der Waals surface area contributed by atoms with Crippen molar-refractivity contribution in [1.82, 2.24) is 0 Å². The van der Waals surface area contributed by atoms with E-state index in [1.54, 1.807) is 19.2 Å². The fourth-order valence-electron chi connectivity index (χ4n) is 1.37. The summed E-state index contributed by atoms with van der Waals surface area (Å²) in [5.41, 5.74) is 12.5. The van der Waals surface area contributed by atoms with E-state index in [4.69, 9.17) is 16.2 Å². The van der Waals surface area contributed by atoms with Crippen LogP contribution in [-0.4, -0.2) is 26.2 Å². The Morgan fingerprint density at radius 1 is 1.50 bits per heavy atom. The number of primary amides is 1. The molecule has 1 rings (SSSR count). The third-order valence-corrected chi connectivity index (χ3v) is 2.21. The van der Waals surface area contributed by atoms with E-state index in [1.165, 1.54) is 0 Å². The van der Waals surface area contributed by atoms with Gasteiger partial charge in [0.1, 0.15) is 0 Å². The summed E-state index contributed by atoms with van der Waals surface area (Å²) in [6.07, 6.45) is 0.872. The van der Waals surface area contributed by atoms with E-state index in [0.717, 1.165) is 18.7 Å². The number of nitrogen functional groups attached to an aromatic ring is 1. The minimum atomic E-state index is -0.516. The van der Waals surface area contributed by atoms with E-state index in [9.17, 15) is 4.79 Å². The van der Waals surface area contributed by atoms with Crippen molar-refractivity contribution < 1.29 is 9.53 Å². The summed E-state index contributed by atoms with van der Waals surface area (Å²) in [5, 5.41) is 3.13. The van der Waals surface area contributed by atoms with E-state index in [-0.39, 0.29) is 0 Å². The first-order valence-electron chi connectivity index (χ1n) is 5.08. The molecule has 0 aliphatic carbocycles. The van der Waals surface area contributed by atoms with Crippen LogP contribution in [0.3, 0.4) is 0 Å². The first kappa shape index (κ1) is 12.3. The van der Waals surface area contributed by atoms with Gasteiger partial charge in [0, 0.05) is 20.3 Å². The van der Waals surface area contributed by atoms with Crippen molar-refractivity contribution in [3.8, 4) is 0 Å². The van der Waals surface area contributed by atoms with Crippen LogP contribution < -0.4 is 16.8 Å². The molecular weight excluding hydrogens is 206 g/mol. The lowest BCUT2D eigenvalue weighted by molar-refractivity contribution is 0.100. The molecule has 5 nitrogen and oxygen atoms in total. The highest BCUT2D eigenvalue weighted by molar-refractivity contribution is 6.00. The maximum absolute atomic E-state index is 11.0. The van der Waals surface area contributed by atoms with Crippen LogP contribution in [0.25, 0.3) is 0 Å². The molecular formula is C11H17N3O2. The lowest BCUT2D eigenvalue weighted by Crippen LogP contribution is -2.15. The fraction of sp³-hybridized carbons (Fsp3) is 0.364. The minimum Gasteiger partial charge on any atom is -0.396 e. The van der Waals surface area contributed by atoms with Crippen LogP contribution in [0, 0.1) is 0 Å². The van der Waals surface area contributed by atoms with Crippen LogP contribution in [0.15, 0.2) is 18.2 Å². The lowest BCUT2D eigenvalue weighted by Gasteiger charge is -2.11. The Kier molecular flexibility index (Phi) is 4.60. The second kappa shape index (κ2) is 5.97. The van der Waals surface area contributed by atoms with Gasteiger partial charge in [0.25, 0.3) is 5.91 Å². The van der Waals surface area contributed by atoms with Gasteiger partial charge in [-0.15, -0.1) is 0 Å². The molecule has 0 bridgehead atoms. The molecule has 0 saturated heterocycles. The van der Waals surface area contributed by atoms with Crippen molar-refractivity contribution in [2.75, 3.05) is 31.3 Å². The van der Waals surface area contributed by atoms with E-state index in [2.05, 4.69) is 5.32 Å². The van der Waals surface area contributed by atoms with Gasteiger partial charge in [-0.05, 0) is 18.6 Å². The molecule has 1 aromatic rings. The van der Waals surface area contributed by atoms with Gasteiger partial charge >= 0.3 is 0 Å². The molecule has 0 aromatic heterocycles. The van der Waals surface area contributed by atoms with E-state index < -0.39 is 5.91 Å². The standard InChI is InChI=1S/C11H17N3O2/c1-16-7-3-6-14-9-5-2-4-8(10(9)12)11(13)15/h2,4-5,14H,3,6-7,12H2,1H3,(H2,13,15). The zero-order chi connectivity index (χ0) is 12.0. The summed E-state index contributed by atoms with van der Waals surface area (Å²) in [6.45, 7) is 1.42. The highest BCUT2D eigenvalue weighted by Gasteiger charge is 2.08. The first-order chi connectivity index (χ1) is 7.66. The summed E-state index contributed by atoms with van der Waals surface area (Å²) < 4.78 is 4.93. The van der Waals surface area contributed by atoms with E-state index >= 15 is 0 Å². The van der Waals surface area contributed by atoms with Crippen molar-refractivity contribution in [3.05, 3.63) is 23.8 Å². The number of methoxy groups -OCH3 is 1. The lowest BCUT2D eigenvalue weighted by atomic mass is 10.1. The molecule has 0 saturated carbocycles. The summed E-state index contributed by atoms with van der Waals surface area (Å²) in [4.78, 5) is 11.0. The average molecular weight is 223 g/mol. The Bertz CT molecular complexity index is 366. The second-order valence-corrected chi connectivity index (χ2v) is 3.40. The van der Waals surface area contributed by atoms with E-state index in [0.29, 0.717) is 17.9 Å². The minimum absolute atomic E-state index is 0.344. The van der Waals surface area contributed by atoms with Crippen molar-refractivity contribution in [3.63, 3.8) is 0 Å².